The number of hydrogen-bond donors (Lipinski definition) is 0. The molecule has 746 valence electrons. The van der Waals surface area contributed by atoms with Gasteiger partial charge in [0.1, 0.15) is 0 Å². The Bertz CT molecular complexity index is 5340. The fraction of sp³-hybridized carbons (Fsp3) is 0.257. The summed E-state index contributed by atoms with van der Waals surface area (Å²) in [5.74, 6) is 0. The molecule has 0 bridgehead atoms. The van der Waals surface area contributed by atoms with E-state index in [0.717, 1.165) is 34.9 Å². The standard InChI is InChI=1S/C16H14.8C8H10.7C7H9N.C7H10/c1-11-7-8-15-9-13-5-3-4-6-14(13)10-16(15)12(11)2;3*1-7-3-5-8(2)6-4-7;5*1-7-5-3-4-6-8(7)2;2*1-6-3-4-8-5-7(6)2;4*1-6-3-4-7(2)8-5-6;1-6-4-3-5-8-7(6)2;1-6-4-3-5-7(6)2/h3-10H,1-2H3;8*3-6H,1-2H3;7*3-5H,1-2H3;4-5H,3H2,1-2H3. The largest absolute Gasteiger partial charge is 0.264 e. The first kappa shape index (κ1) is 123. The minimum Gasteiger partial charge on any atom is -0.264 e. The topological polar surface area (TPSA) is 90.2 Å². The summed E-state index contributed by atoms with van der Waals surface area (Å²) in [4.78, 5) is 28.3. The van der Waals surface area contributed by atoms with Gasteiger partial charge in [0.25, 0.3) is 0 Å². The third-order valence-electron chi connectivity index (χ3n) is 23.8. The second kappa shape index (κ2) is 70.2. The Kier molecular flexibility index (Phi) is 60.2. The van der Waals surface area contributed by atoms with Gasteiger partial charge in [0, 0.05) is 84.2 Å². The molecule has 143 heavy (non-hydrogen) atoms. The minimum absolute atomic E-state index is 1.08. The van der Waals surface area contributed by atoms with Crippen molar-refractivity contribution in [1.82, 2.24) is 34.9 Å². The summed E-state index contributed by atoms with van der Waals surface area (Å²) in [7, 11) is 0. The lowest BCUT2D eigenvalue weighted by Crippen LogP contribution is -1.84. The average Bonchev–Trinajstić information content (AvgIpc) is 0.927. The summed E-state index contributed by atoms with van der Waals surface area (Å²) < 4.78 is 0. The van der Waals surface area contributed by atoms with E-state index in [2.05, 4.69) is 493 Å². The molecule has 0 amide bonds. The second-order valence-corrected chi connectivity index (χ2v) is 37.1. The maximum atomic E-state index is 4.08. The van der Waals surface area contributed by atoms with Crippen LogP contribution in [0.15, 0.2) is 395 Å². The number of aryl methyl sites for hydroxylation is 32. The van der Waals surface area contributed by atoms with Crippen LogP contribution in [0.2, 0.25) is 0 Å². The first-order valence-electron chi connectivity index (χ1n) is 49.7. The van der Waals surface area contributed by atoms with Gasteiger partial charge in [-0.15, -0.1) is 0 Å². The number of pyridine rings is 7. The lowest BCUT2D eigenvalue weighted by Gasteiger charge is -2.07. The third kappa shape index (κ3) is 55.9. The van der Waals surface area contributed by atoms with E-state index in [4.69, 9.17) is 0 Å². The fourth-order valence-corrected chi connectivity index (χ4v) is 12.0. The number of rotatable bonds is 0. The predicted molar refractivity (Wildman–Crippen MR) is 626 cm³/mol. The second-order valence-electron chi connectivity index (χ2n) is 37.1. The predicted octanol–water partition coefficient (Wildman–Crippen LogP) is 37.2. The van der Waals surface area contributed by atoms with E-state index < -0.39 is 0 Å². The van der Waals surface area contributed by atoms with Gasteiger partial charge in [-0.3, -0.25) is 34.9 Å². The van der Waals surface area contributed by atoms with Crippen molar-refractivity contribution in [2.24, 2.45) is 0 Å². The molecular weight excluding hydrogens is 1730 g/mol. The molecule has 7 aromatic heterocycles. The van der Waals surface area contributed by atoms with Crippen molar-refractivity contribution in [1.29, 1.82) is 0 Å². The van der Waals surface area contributed by atoms with Gasteiger partial charge in [-0.1, -0.05) is 318 Å². The van der Waals surface area contributed by atoms with Crippen LogP contribution in [0.4, 0.5) is 0 Å². The van der Waals surface area contributed by atoms with Gasteiger partial charge in [-0.25, -0.2) is 0 Å². The third-order valence-corrected chi connectivity index (χ3v) is 23.8. The lowest BCUT2D eigenvalue weighted by molar-refractivity contribution is 1.15. The van der Waals surface area contributed by atoms with Crippen LogP contribution >= 0.6 is 0 Å². The molecule has 0 N–H and O–H groups in total. The number of nitrogens with zero attached hydrogens (tertiary/aromatic N) is 7. The molecular formula is C136H167N7. The van der Waals surface area contributed by atoms with Crippen molar-refractivity contribution in [2.45, 2.75) is 242 Å². The van der Waals surface area contributed by atoms with Crippen LogP contribution in [0.1, 0.15) is 199 Å². The van der Waals surface area contributed by atoms with E-state index in [1.165, 1.54) is 183 Å². The zero-order valence-corrected chi connectivity index (χ0v) is 93.2. The Balaban J connectivity index is 0.000000392. The Morgan fingerprint density at radius 3 is 0.573 bits per heavy atom. The molecule has 0 aliphatic heterocycles. The molecule has 1 aliphatic carbocycles. The van der Waals surface area contributed by atoms with Gasteiger partial charge in [0.05, 0.1) is 0 Å². The van der Waals surface area contributed by atoms with Gasteiger partial charge < -0.3 is 0 Å². The van der Waals surface area contributed by atoms with Crippen LogP contribution in [-0.2, 0) is 0 Å². The van der Waals surface area contributed by atoms with E-state index in [0.29, 0.717) is 0 Å². The maximum absolute atomic E-state index is 4.08. The molecule has 7 nitrogen and oxygen atoms in total. The number of fused-ring (bicyclic) bond motifs is 2. The van der Waals surface area contributed by atoms with Crippen LogP contribution in [0.3, 0.4) is 0 Å². The average molecular weight is 1900 g/mol. The summed E-state index contributed by atoms with van der Waals surface area (Å²) in [6.45, 7) is 70.9. The van der Waals surface area contributed by atoms with E-state index in [1.807, 2.05) is 161 Å². The number of hydrogen-bond acceptors (Lipinski definition) is 7. The van der Waals surface area contributed by atoms with Crippen molar-refractivity contribution >= 4 is 21.5 Å². The van der Waals surface area contributed by atoms with Crippen molar-refractivity contribution in [3.63, 3.8) is 0 Å². The van der Waals surface area contributed by atoms with E-state index in [-0.39, 0.29) is 0 Å². The first-order valence-corrected chi connectivity index (χ1v) is 49.7. The first-order chi connectivity index (χ1) is 68.0. The Morgan fingerprint density at radius 1 is 0.161 bits per heavy atom. The van der Waals surface area contributed by atoms with Crippen molar-refractivity contribution in [3.05, 3.63) is 573 Å². The Morgan fingerprint density at radius 2 is 0.392 bits per heavy atom. The van der Waals surface area contributed by atoms with E-state index in [9.17, 15) is 0 Å². The molecule has 0 saturated heterocycles. The van der Waals surface area contributed by atoms with Crippen LogP contribution in [0, 0.1) is 222 Å². The zero-order valence-electron chi connectivity index (χ0n) is 93.2. The van der Waals surface area contributed by atoms with Crippen LogP contribution in [0.25, 0.3) is 21.5 Å². The molecule has 0 radical (unpaired) electrons. The van der Waals surface area contributed by atoms with Crippen LogP contribution in [0.5, 0.6) is 0 Å². The van der Waals surface area contributed by atoms with E-state index >= 15 is 0 Å². The SMILES string of the molecule is CC1=CCC=C1C.Cc1ccc(C)cc1.Cc1ccc(C)cc1.Cc1ccc(C)cc1.Cc1ccc(C)nc1.Cc1ccc(C)nc1.Cc1ccc(C)nc1.Cc1ccc(C)nc1.Cc1ccc2cc3ccccc3cc2c1C.Cc1ccccc1C.Cc1ccccc1C.Cc1ccccc1C.Cc1ccccc1C.Cc1ccccc1C.Cc1cccnc1C.Cc1ccncc1C.Cc1ccncc1C. The molecule has 0 atom stereocenters. The van der Waals surface area contributed by atoms with Gasteiger partial charge in [0.15, 0.2) is 0 Å². The molecule has 11 aromatic carbocycles. The maximum Gasteiger partial charge on any atom is 0.0401 e. The molecule has 18 aromatic rings. The highest BCUT2D eigenvalue weighted by molar-refractivity contribution is 6.00. The molecule has 19 rings (SSSR count). The molecule has 7 heterocycles. The van der Waals surface area contributed by atoms with Crippen LogP contribution < -0.4 is 0 Å². The normalized spacial score (nSPS) is 9.94. The quantitative estimate of drug-likeness (QED) is 0.140. The minimum atomic E-state index is 1.08. The molecule has 1 aliphatic rings. The van der Waals surface area contributed by atoms with Gasteiger partial charge >= 0.3 is 0 Å². The fourth-order valence-electron chi connectivity index (χ4n) is 12.0. The molecule has 0 spiro atoms. The summed E-state index contributed by atoms with van der Waals surface area (Å²) >= 11 is 0. The van der Waals surface area contributed by atoms with Gasteiger partial charge in [-0.2, -0.15) is 0 Å². The Hall–Kier alpha value is -14.5. The molecule has 0 unspecified atom stereocenters. The highest BCUT2D eigenvalue weighted by Crippen LogP contribution is 2.27. The van der Waals surface area contributed by atoms with Gasteiger partial charge in [-0.05, 0) is 435 Å². The number of allylic oxidation sites excluding steroid dienone is 4. The van der Waals surface area contributed by atoms with Gasteiger partial charge in [0.2, 0.25) is 0 Å². The molecule has 0 fully saturated rings. The summed E-state index contributed by atoms with van der Waals surface area (Å²) in [6, 6.07) is 109. The smallest absolute Gasteiger partial charge is 0.0401 e. The van der Waals surface area contributed by atoms with Crippen molar-refractivity contribution < 1.29 is 0 Å². The van der Waals surface area contributed by atoms with Crippen LogP contribution in [-0.4, -0.2) is 34.9 Å². The summed E-state index contributed by atoms with van der Waals surface area (Å²) in [5.41, 5.74) is 44.0. The Labute approximate surface area is 865 Å². The zero-order chi connectivity index (χ0) is 106. The lowest BCUT2D eigenvalue weighted by atomic mass is 9.97. The number of aromatic nitrogens is 7. The van der Waals surface area contributed by atoms with E-state index in [1.54, 1.807) is 0 Å². The summed E-state index contributed by atoms with van der Waals surface area (Å²) in [5, 5.41) is 5.35. The molecule has 7 heteroatoms. The summed E-state index contributed by atoms with van der Waals surface area (Å²) in [6.07, 6.45) is 22.3. The number of benzene rings is 11. The van der Waals surface area contributed by atoms with Crippen molar-refractivity contribution in [3.8, 4) is 0 Å². The highest BCUT2D eigenvalue weighted by atomic mass is 14.7. The molecule has 0 saturated carbocycles. The monoisotopic (exact) mass is 1900 g/mol. The highest BCUT2D eigenvalue weighted by Gasteiger charge is 2.03. The van der Waals surface area contributed by atoms with Crippen molar-refractivity contribution in [2.75, 3.05) is 0 Å².